The number of benzene rings is 1. The van der Waals surface area contributed by atoms with Crippen LogP contribution in [-0.4, -0.2) is 19.2 Å². The monoisotopic (exact) mass is 283 g/mol. The maximum Gasteiger partial charge on any atom is 0.127 e. The van der Waals surface area contributed by atoms with Crippen LogP contribution in [-0.2, 0) is 0 Å². The van der Waals surface area contributed by atoms with Gasteiger partial charge in [-0.3, -0.25) is 0 Å². The maximum absolute atomic E-state index is 5.48. The molecule has 1 aromatic heterocycles. The molecule has 0 amide bonds. The summed E-state index contributed by atoms with van der Waals surface area (Å²) in [5.74, 6) is 0.990. The van der Waals surface area contributed by atoms with Crippen LogP contribution in [0, 0.1) is 5.41 Å². The van der Waals surface area contributed by atoms with Crippen molar-refractivity contribution in [2.45, 2.75) is 31.3 Å². The van der Waals surface area contributed by atoms with Crippen molar-refractivity contribution in [2.75, 3.05) is 7.11 Å². The molecule has 2 aromatic rings. The van der Waals surface area contributed by atoms with Crippen LogP contribution in [0.3, 0.4) is 0 Å². The highest BCUT2D eigenvalue weighted by molar-refractivity contribution is 7.20. The van der Waals surface area contributed by atoms with E-state index in [0.717, 1.165) is 11.8 Å². The van der Waals surface area contributed by atoms with Gasteiger partial charge in [0.05, 0.1) is 7.11 Å². The van der Waals surface area contributed by atoms with Crippen molar-refractivity contribution in [3.63, 3.8) is 0 Å². The number of methoxy groups -OCH3 is 1. The quantitative estimate of drug-likeness (QED) is 0.904. The number of fused-ring (bicyclic) bond motifs is 1. The number of ether oxygens (including phenoxy) is 1. The molecule has 2 aliphatic carbocycles. The van der Waals surface area contributed by atoms with E-state index in [1.165, 1.54) is 34.2 Å². The summed E-state index contributed by atoms with van der Waals surface area (Å²) in [7, 11) is 1.75. The molecule has 3 unspecified atom stereocenters. The first-order chi connectivity index (χ1) is 9.80. The van der Waals surface area contributed by atoms with Gasteiger partial charge in [0.15, 0.2) is 0 Å². The molecule has 20 heavy (non-hydrogen) atoms. The van der Waals surface area contributed by atoms with E-state index in [-0.39, 0.29) is 0 Å². The summed E-state index contributed by atoms with van der Waals surface area (Å²) >= 11 is 1.90. The van der Waals surface area contributed by atoms with Crippen molar-refractivity contribution in [3.8, 4) is 5.75 Å². The van der Waals surface area contributed by atoms with Crippen LogP contribution in [0.2, 0.25) is 0 Å². The molecule has 1 aliphatic heterocycles. The van der Waals surface area contributed by atoms with Gasteiger partial charge in [-0.2, -0.15) is 0 Å². The van der Waals surface area contributed by atoms with Gasteiger partial charge in [-0.15, -0.1) is 11.3 Å². The van der Waals surface area contributed by atoms with E-state index in [2.05, 4.69) is 29.6 Å². The van der Waals surface area contributed by atoms with E-state index in [0.29, 0.717) is 11.5 Å². The highest BCUT2D eigenvalue weighted by atomic mass is 32.1. The lowest BCUT2D eigenvalue weighted by Gasteiger charge is -2.61. The number of hydrogen-bond donors (Lipinski definition) is 1. The molecule has 1 spiro atoms. The third-order valence-electron chi connectivity index (χ3n) is 5.49. The van der Waals surface area contributed by atoms with E-state index < -0.39 is 0 Å². The molecule has 2 nitrogen and oxygen atoms in total. The lowest BCUT2D eigenvalue weighted by Crippen LogP contribution is -2.73. The minimum absolute atomic E-state index is 0.523. The fourth-order valence-corrected chi connectivity index (χ4v) is 5.35. The van der Waals surface area contributed by atoms with E-state index in [1.807, 2.05) is 17.4 Å². The molecule has 1 saturated heterocycles. The lowest BCUT2D eigenvalue weighted by molar-refractivity contribution is -0.0228. The Morgan fingerprint density at radius 3 is 3.00 bits per heavy atom. The minimum atomic E-state index is 0.523. The normalized spacial score (nSPS) is 34.0. The molecule has 1 aromatic carbocycles. The van der Waals surface area contributed by atoms with Crippen molar-refractivity contribution >= 4 is 27.0 Å². The Labute approximate surface area is 122 Å². The summed E-state index contributed by atoms with van der Waals surface area (Å²) in [6.45, 7) is 0. The van der Waals surface area contributed by atoms with Crippen LogP contribution in [0.4, 0.5) is 0 Å². The first kappa shape index (κ1) is 11.4. The molecule has 1 N–H and O–H groups in total. The van der Waals surface area contributed by atoms with Gasteiger partial charge in [-0.25, -0.2) is 0 Å². The molecular weight excluding hydrogens is 266 g/mol. The maximum atomic E-state index is 5.48. The van der Waals surface area contributed by atoms with Gasteiger partial charge in [0.1, 0.15) is 5.75 Å². The Morgan fingerprint density at radius 2 is 2.30 bits per heavy atom. The van der Waals surface area contributed by atoms with Crippen LogP contribution in [0.15, 0.2) is 30.3 Å². The average Bonchev–Trinajstić information content (AvgIpc) is 3.04. The van der Waals surface area contributed by atoms with Gasteiger partial charge in [-0.1, -0.05) is 12.1 Å². The highest BCUT2D eigenvalue weighted by Gasteiger charge is 2.61. The zero-order valence-corrected chi connectivity index (χ0v) is 12.3. The Bertz CT molecular complexity index is 747. The van der Waals surface area contributed by atoms with E-state index in [1.54, 1.807) is 12.7 Å². The topological polar surface area (TPSA) is 21.3 Å². The number of piperidine rings is 1. The molecule has 0 bridgehead atoms. The number of rotatable bonds is 2. The average molecular weight is 283 g/mol. The molecule has 102 valence electrons. The van der Waals surface area contributed by atoms with Gasteiger partial charge in [0, 0.05) is 32.5 Å². The smallest absolute Gasteiger partial charge is 0.127 e. The van der Waals surface area contributed by atoms with E-state index in [4.69, 9.17) is 4.74 Å². The minimum Gasteiger partial charge on any atom is -0.496 e. The molecule has 1 saturated carbocycles. The molecule has 3 atom stereocenters. The Balaban J connectivity index is 1.60. The van der Waals surface area contributed by atoms with Crippen molar-refractivity contribution < 1.29 is 4.74 Å². The van der Waals surface area contributed by atoms with Crippen molar-refractivity contribution in [1.82, 2.24) is 5.32 Å². The Morgan fingerprint density at radius 1 is 1.35 bits per heavy atom. The molecule has 3 aliphatic rings. The van der Waals surface area contributed by atoms with Gasteiger partial charge >= 0.3 is 0 Å². The van der Waals surface area contributed by atoms with E-state index >= 15 is 0 Å². The van der Waals surface area contributed by atoms with Gasteiger partial charge in [0.25, 0.3) is 0 Å². The lowest BCUT2D eigenvalue weighted by atomic mass is 9.55. The molecular formula is C17H17NOS. The first-order valence-electron chi connectivity index (χ1n) is 7.35. The Hall–Kier alpha value is -1.32. The largest absolute Gasteiger partial charge is 0.496 e. The molecule has 2 fully saturated rings. The second-order valence-corrected chi connectivity index (χ2v) is 7.36. The zero-order chi connectivity index (χ0) is 13.3. The number of hydrogen-bond acceptors (Lipinski definition) is 3. The number of nitrogens with one attached hydrogen (secondary N) is 1. The second kappa shape index (κ2) is 3.66. The van der Waals surface area contributed by atoms with Crippen molar-refractivity contribution in [1.29, 1.82) is 0 Å². The summed E-state index contributed by atoms with van der Waals surface area (Å²) < 4.78 is 6.81. The van der Waals surface area contributed by atoms with Crippen LogP contribution in [0.5, 0.6) is 5.75 Å². The molecule has 3 heteroatoms. The summed E-state index contributed by atoms with van der Waals surface area (Å²) in [4.78, 5) is 1.43. The fraction of sp³-hybridized carbons (Fsp3) is 0.412. The third-order valence-corrected chi connectivity index (χ3v) is 6.67. The van der Waals surface area contributed by atoms with Crippen LogP contribution in [0.1, 0.15) is 24.1 Å². The summed E-state index contributed by atoms with van der Waals surface area (Å²) in [5, 5.41) is 4.97. The Kier molecular flexibility index (Phi) is 2.08. The van der Waals surface area contributed by atoms with Crippen LogP contribution < -0.4 is 10.1 Å². The van der Waals surface area contributed by atoms with E-state index in [9.17, 15) is 0 Å². The van der Waals surface area contributed by atoms with Crippen molar-refractivity contribution in [3.05, 3.63) is 35.2 Å². The third kappa shape index (κ3) is 1.23. The standard InChI is InChI=1S/C17H17NOS/c1-19-12-3-2-4-13-11(12)8-14(20-13)10-7-16-17(9-10)6-5-15(17)18-16/h2-4,8-9,15-16,18H,5-7H2,1H3. The zero-order valence-electron chi connectivity index (χ0n) is 11.5. The van der Waals surface area contributed by atoms with Gasteiger partial charge < -0.3 is 10.1 Å². The second-order valence-electron chi connectivity index (χ2n) is 6.28. The van der Waals surface area contributed by atoms with Gasteiger partial charge in [-0.05, 0) is 43.0 Å². The predicted molar refractivity (Wildman–Crippen MR) is 83.3 cm³/mol. The van der Waals surface area contributed by atoms with Crippen LogP contribution >= 0.6 is 11.3 Å². The van der Waals surface area contributed by atoms with Gasteiger partial charge in [0.2, 0.25) is 0 Å². The summed E-state index contributed by atoms with van der Waals surface area (Å²) in [5.41, 5.74) is 2.07. The molecule has 2 heterocycles. The van der Waals surface area contributed by atoms with Crippen LogP contribution in [0.25, 0.3) is 15.7 Å². The summed E-state index contributed by atoms with van der Waals surface area (Å²) in [6, 6.07) is 10.1. The highest BCUT2D eigenvalue weighted by Crippen LogP contribution is 2.60. The predicted octanol–water partition coefficient (Wildman–Crippen LogP) is 3.82. The first-order valence-corrected chi connectivity index (χ1v) is 8.16. The van der Waals surface area contributed by atoms with Crippen molar-refractivity contribution in [2.24, 2.45) is 5.41 Å². The summed E-state index contributed by atoms with van der Waals surface area (Å²) in [6.07, 6.45) is 6.53. The fourth-order valence-electron chi connectivity index (χ4n) is 4.25. The number of thiophene rings is 1. The SMILES string of the molecule is COc1cccc2sc(C3=CC45CCC4NC5C3)cc12. The molecule has 5 rings (SSSR count). The molecule has 0 radical (unpaired) electrons.